The summed E-state index contributed by atoms with van der Waals surface area (Å²) in [5, 5.41) is 12.9. The number of aromatic nitrogens is 4. The predicted molar refractivity (Wildman–Crippen MR) is 82.5 cm³/mol. The third kappa shape index (κ3) is 3.02. The Morgan fingerprint density at radius 1 is 1.17 bits per heavy atom. The molecule has 0 spiro atoms. The van der Waals surface area contributed by atoms with E-state index in [1.807, 2.05) is 35.9 Å². The molecule has 4 rings (SSSR count). The lowest BCUT2D eigenvalue weighted by Gasteiger charge is -2.01. The first kappa shape index (κ1) is 14.1. The Labute approximate surface area is 136 Å². The van der Waals surface area contributed by atoms with Crippen molar-refractivity contribution in [1.29, 1.82) is 0 Å². The maximum absolute atomic E-state index is 5.65. The second kappa shape index (κ2) is 5.96. The molecule has 1 aromatic carbocycles. The summed E-state index contributed by atoms with van der Waals surface area (Å²) >= 11 is 1.49. The van der Waals surface area contributed by atoms with Gasteiger partial charge in [0.05, 0.1) is 0 Å². The molecule has 8 heteroatoms. The molecule has 1 aliphatic rings. The van der Waals surface area contributed by atoms with Crippen molar-refractivity contribution in [2.24, 2.45) is 0 Å². The van der Waals surface area contributed by atoms with Crippen LogP contribution >= 0.6 is 11.8 Å². The van der Waals surface area contributed by atoms with Crippen LogP contribution in [-0.2, 0) is 12.3 Å². The van der Waals surface area contributed by atoms with Gasteiger partial charge in [-0.2, -0.15) is 5.10 Å². The van der Waals surface area contributed by atoms with Gasteiger partial charge in [-0.25, -0.2) is 0 Å². The average Bonchev–Trinajstić information content (AvgIpc) is 3.27. The molecule has 118 valence electrons. The van der Waals surface area contributed by atoms with Gasteiger partial charge in [0.15, 0.2) is 11.5 Å². The zero-order valence-corrected chi connectivity index (χ0v) is 13.2. The Kier molecular flexibility index (Phi) is 3.66. The average molecular weight is 330 g/mol. The maximum Gasteiger partial charge on any atom is 0.276 e. The molecule has 0 fully saturated rings. The van der Waals surface area contributed by atoms with Crippen LogP contribution in [0.2, 0.25) is 0 Å². The van der Waals surface area contributed by atoms with Crippen molar-refractivity contribution in [2.75, 3.05) is 6.79 Å². The van der Waals surface area contributed by atoms with E-state index in [0.29, 0.717) is 17.7 Å². The minimum atomic E-state index is 0.284. The standard InChI is InChI=1S/C15H14N4O3S/c1-10-4-5-16-19(10)7-14-17-18-15(22-14)23-8-11-2-3-12-13(6-11)21-9-20-12/h2-6H,7-9H2,1H3. The van der Waals surface area contributed by atoms with Crippen LogP contribution < -0.4 is 9.47 Å². The van der Waals surface area contributed by atoms with Gasteiger partial charge in [0.1, 0.15) is 6.54 Å². The van der Waals surface area contributed by atoms with Gasteiger partial charge in [0.25, 0.3) is 5.22 Å². The monoisotopic (exact) mass is 330 g/mol. The normalized spacial score (nSPS) is 12.7. The molecule has 2 aromatic heterocycles. The fraction of sp³-hybridized carbons (Fsp3) is 0.267. The Morgan fingerprint density at radius 3 is 2.96 bits per heavy atom. The fourth-order valence-corrected chi connectivity index (χ4v) is 2.95. The van der Waals surface area contributed by atoms with Crippen LogP contribution in [0, 0.1) is 6.92 Å². The number of ether oxygens (including phenoxy) is 2. The topological polar surface area (TPSA) is 75.2 Å². The number of rotatable bonds is 5. The molecule has 1 aliphatic heterocycles. The minimum absolute atomic E-state index is 0.284. The summed E-state index contributed by atoms with van der Waals surface area (Å²) < 4.78 is 18.1. The number of nitrogens with zero attached hydrogens (tertiary/aromatic N) is 4. The van der Waals surface area contributed by atoms with Crippen molar-refractivity contribution in [2.45, 2.75) is 24.4 Å². The molecule has 3 heterocycles. The molecule has 0 atom stereocenters. The van der Waals surface area contributed by atoms with E-state index in [4.69, 9.17) is 13.9 Å². The van der Waals surface area contributed by atoms with Gasteiger partial charge >= 0.3 is 0 Å². The van der Waals surface area contributed by atoms with Crippen LogP contribution in [0.4, 0.5) is 0 Å². The third-order valence-corrected chi connectivity index (χ3v) is 4.35. The zero-order valence-electron chi connectivity index (χ0n) is 12.4. The molecule has 0 unspecified atom stereocenters. The highest BCUT2D eigenvalue weighted by Gasteiger charge is 2.14. The van der Waals surface area contributed by atoms with Crippen LogP contribution in [0.1, 0.15) is 17.1 Å². The first-order valence-corrected chi connectivity index (χ1v) is 8.08. The van der Waals surface area contributed by atoms with E-state index in [9.17, 15) is 0 Å². The molecule has 23 heavy (non-hydrogen) atoms. The van der Waals surface area contributed by atoms with Crippen LogP contribution in [0.3, 0.4) is 0 Å². The van der Waals surface area contributed by atoms with Crippen LogP contribution in [0.25, 0.3) is 0 Å². The largest absolute Gasteiger partial charge is 0.454 e. The summed E-state index contributed by atoms with van der Waals surface area (Å²) in [4.78, 5) is 0. The first-order chi connectivity index (χ1) is 11.3. The van der Waals surface area contributed by atoms with Crippen molar-refractivity contribution < 1.29 is 13.9 Å². The summed E-state index contributed by atoms with van der Waals surface area (Å²) in [5.41, 5.74) is 2.17. The molecule has 0 radical (unpaired) electrons. The second-order valence-electron chi connectivity index (χ2n) is 5.07. The lowest BCUT2D eigenvalue weighted by atomic mass is 10.2. The van der Waals surface area contributed by atoms with Crippen LogP contribution in [-0.4, -0.2) is 26.8 Å². The van der Waals surface area contributed by atoms with E-state index in [1.54, 1.807) is 6.20 Å². The summed E-state index contributed by atoms with van der Waals surface area (Å²) in [6.07, 6.45) is 1.75. The maximum atomic E-state index is 5.65. The van der Waals surface area contributed by atoms with Gasteiger partial charge in [-0.1, -0.05) is 17.8 Å². The highest BCUT2D eigenvalue weighted by Crippen LogP contribution is 2.34. The summed E-state index contributed by atoms with van der Waals surface area (Å²) in [6.45, 7) is 2.75. The summed E-state index contributed by atoms with van der Waals surface area (Å²) in [5.74, 6) is 2.83. The second-order valence-corrected chi connectivity index (χ2v) is 5.99. The molecular weight excluding hydrogens is 316 g/mol. The quantitative estimate of drug-likeness (QED) is 0.666. The van der Waals surface area contributed by atoms with E-state index < -0.39 is 0 Å². The Hall–Kier alpha value is -2.48. The smallest absolute Gasteiger partial charge is 0.276 e. The molecule has 3 aromatic rings. The molecule has 0 saturated heterocycles. The van der Waals surface area contributed by atoms with E-state index >= 15 is 0 Å². The molecular formula is C15H14N4O3S. The lowest BCUT2D eigenvalue weighted by Crippen LogP contribution is -2.03. The van der Waals surface area contributed by atoms with Crippen molar-refractivity contribution in [3.63, 3.8) is 0 Å². The lowest BCUT2D eigenvalue weighted by molar-refractivity contribution is 0.174. The molecule has 0 bridgehead atoms. The number of fused-ring (bicyclic) bond motifs is 1. The predicted octanol–water partition coefficient (Wildman–Crippen LogP) is 2.64. The van der Waals surface area contributed by atoms with E-state index in [-0.39, 0.29) is 6.79 Å². The Morgan fingerprint density at radius 2 is 2.09 bits per heavy atom. The highest BCUT2D eigenvalue weighted by molar-refractivity contribution is 7.98. The van der Waals surface area contributed by atoms with Crippen molar-refractivity contribution in [3.05, 3.63) is 47.6 Å². The van der Waals surface area contributed by atoms with E-state index in [1.165, 1.54) is 11.8 Å². The number of hydrogen-bond acceptors (Lipinski definition) is 7. The van der Waals surface area contributed by atoms with Crippen molar-refractivity contribution in [1.82, 2.24) is 20.0 Å². The van der Waals surface area contributed by atoms with Gasteiger partial charge in [0, 0.05) is 17.6 Å². The van der Waals surface area contributed by atoms with E-state index in [2.05, 4.69) is 15.3 Å². The first-order valence-electron chi connectivity index (χ1n) is 7.10. The number of hydrogen-bond donors (Lipinski definition) is 0. The van der Waals surface area contributed by atoms with Gasteiger partial charge in [-0.3, -0.25) is 4.68 Å². The molecule has 0 amide bonds. The highest BCUT2D eigenvalue weighted by atomic mass is 32.2. The van der Waals surface area contributed by atoms with Crippen molar-refractivity contribution >= 4 is 11.8 Å². The number of thioether (sulfide) groups is 1. The van der Waals surface area contributed by atoms with Gasteiger partial charge in [0.2, 0.25) is 12.7 Å². The van der Waals surface area contributed by atoms with Gasteiger partial charge in [-0.15, -0.1) is 10.2 Å². The van der Waals surface area contributed by atoms with Crippen LogP contribution in [0.5, 0.6) is 11.5 Å². The van der Waals surface area contributed by atoms with E-state index in [0.717, 1.165) is 28.5 Å². The Balaban J connectivity index is 1.39. The molecule has 7 nitrogen and oxygen atoms in total. The van der Waals surface area contributed by atoms with Gasteiger partial charge < -0.3 is 13.9 Å². The summed E-state index contributed by atoms with van der Waals surface area (Å²) in [6, 6.07) is 7.83. The van der Waals surface area contributed by atoms with Gasteiger partial charge in [-0.05, 0) is 30.7 Å². The minimum Gasteiger partial charge on any atom is -0.454 e. The Bertz CT molecular complexity index is 830. The number of benzene rings is 1. The SMILES string of the molecule is Cc1ccnn1Cc1nnc(SCc2ccc3c(c2)OCO3)o1. The molecule has 0 aliphatic carbocycles. The fourth-order valence-electron chi connectivity index (χ4n) is 2.23. The number of aryl methyl sites for hydroxylation is 1. The zero-order chi connectivity index (χ0) is 15.6. The molecule has 0 saturated carbocycles. The van der Waals surface area contributed by atoms with Crippen molar-refractivity contribution in [3.8, 4) is 11.5 Å². The third-order valence-electron chi connectivity index (χ3n) is 3.46. The van der Waals surface area contributed by atoms with Crippen LogP contribution in [0.15, 0.2) is 40.1 Å². The molecule has 0 N–H and O–H groups in total. The summed E-state index contributed by atoms with van der Waals surface area (Å²) in [7, 11) is 0.